The molecule has 1 amide bonds. The lowest BCUT2D eigenvalue weighted by molar-refractivity contribution is -0.139. The lowest BCUT2D eigenvalue weighted by Gasteiger charge is -2.27. The van der Waals surface area contributed by atoms with Gasteiger partial charge in [-0.25, -0.2) is 8.78 Å². The SMILES string of the molecule is Cc1cc(C)c(C)c(-c2cc(C)c(F)c(C(CC(=O)O)NC(=O)C(CC(C)C)n3cc(CCN(C)C)c(C(F)(F)F)cc3=O)c2F)c1C. The molecule has 48 heavy (non-hydrogen) atoms. The molecule has 0 spiro atoms. The van der Waals surface area contributed by atoms with Crippen molar-refractivity contribution in [1.29, 1.82) is 0 Å². The Morgan fingerprint density at radius 1 is 0.938 bits per heavy atom. The maximum Gasteiger partial charge on any atom is 0.416 e. The Morgan fingerprint density at radius 2 is 1.52 bits per heavy atom. The van der Waals surface area contributed by atoms with Crippen LogP contribution in [0.15, 0.2) is 29.2 Å². The number of hydrogen-bond acceptors (Lipinski definition) is 4. The van der Waals surface area contributed by atoms with E-state index in [0.717, 1.165) is 33.0 Å². The van der Waals surface area contributed by atoms with Gasteiger partial charge in [-0.3, -0.25) is 14.4 Å². The van der Waals surface area contributed by atoms with E-state index < -0.39 is 64.9 Å². The average Bonchev–Trinajstić information content (AvgIpc) is 2.96. The van der Waals surface area contributed by atoms with Crippen molar-refractivity contribution in [1.82, 2.24) is 14.8 Å². The van der Waals surface area contributed by atoms with Crippen LogP contribution in [0.1, 0.15) is 83.3 Å². The average molecular weight is 678 g/mol. The van der Waals surface area contributed by atoms with Gasteiger partial charge in [-0.15, -0.1) is 0 Å². The topological polar surface area (TPSA) is 91.6 Å². The molecular formula is C36H44F5N3O4. The molecule has 12 heteroatoms. The van der Waals surface area contributed by atoms with Gasteiger partial charge in [-0.05, 0) is 112 Å². The highest BCUT2D eigenvalue weighted by Crippen LogP contribution is 2.39. The summed E-state index contributed by atoms with van der Waals surface area (Å²) in [6.07, 6.45) is -4.84. The molecule has 0 aliphatic rings. The van der Waals surface area contributed by atoms with E-state index in [1.807, 2.05) is 19.9 Å². The Kier molecular flexibility index (Phi) is 12.0. The van der Waals surface area contributed by atoms with Gasteiger partial charge < -0.3 is 19.9 Å². The van der Waals surface area contributed by atoms with Crippen molar-refractivity contribution in [2.24, 2.45) is 5.92 Å². The molecule has 2 unspecified atom stereocenters. The van der Waals surface area contributed by atoms with E-state index >= 15 is 8.78 Å². The van der Waals surface area contributed by atoms with Gasteiger partial charge in [0.15, 0.2) is 0 Å². The summed E-state index contributed by atoms with van der Waals surface area (Å²) in [4.78, 5) is 40.9. The first-order valence-electron chi connectivity index (χ1n) is 15.7. The van der Waals surface area contributed by atoms with Gasteiger partial charge in [0.1, 0.15) is 17.7 Å². The molecule has 3 rings (SSSR count). The van der Waals surface area contributed by atoms with Crippen LogP contribution in [-0.2, 0) is 22.2 Å². The molecule has 0 aliphatic carbocycles. The predicted octanol–water partition coefficient (Wildman–Crippen LogP) is 7.38. The number of nitrogens with one attached hydrogen (secondary N) is 1. The molecule has 0 radical (unpaired) electrons. The molecule has 1 heterocycles. The summed E-state index contributed by atoms with van der Waals surface area (Å²) in [6.45, 7) is 12.4. The van der Waals surface area contributed by atoms with E-state index in [1.165, 1.54) is 13.0 Å². The number of carbonyl (C=O) groups excluding carboxylic acids is 1. The monoisotopic (exact) mass is 677 g/mol. The lowest BCUT2D eigenvalue weighted by atomic mass is 9.86. The van der Waals surface area contributed by atoms with E-state index in [9.17, 15) is 32.7 Å². The molecule has 2 N–H and O–H groups in total. The Balaban J connectivity index is 2.23. The third kappa shape index (κ3) is 8.50. The molecule has 0 bridgehead atoms. The van der Waals surface area contributed by atoms with E-state index in [1.54, 1.807) is 46.7 Å². The number of benzene rings is 2. The number of alkyl halides is 3. The minimum absolute atomic E-state index is 0.0206. The molecule has 3 aromatic rings. The predicted molar refractivity (Wildman–Crippen MR) is 175 cm³/mol. The van der Waals surface area contributed by atoms with Gasteiger partial charge in [0.25, 0.3) is 5.56 Å². The molecule has 0 saturated carbocycles. The number of amides is 1. The van der Waals surface area contributed by atoms with Crippen LogP contribution in [0, 0.1) is 52.2 Å². The molecule has 0 aliphatic heterocycles. The fraction of sp³-hybridized carbons (Fsp3) is 0.472. The molecule has 0 fully saturated rings. The third-order valence-electron chi connectivity index (χ3n) is 8.73. The summed E-state index contributed by atoms with van der Waals surface area (Å²) >= 11 is 0. The Labute approximate surface area is 277 Å². The Morgan fingerprint density at radius 3 is 2.02 bits per heavy atom. The fourth-order valence-corrected chi connectivity index (χ4v) is 6.01. The second-order valence-corrected chi connectivity index (χ2v) is 13.2. The standard InChI is InChI=1S/C36H44F5N3O4/c1-18(2)12-28(44-17-24(10-11-43(8)9)26(15-29(44)45)36(39,40)41)35(48)42-27(16-30(46)47)32-33(37)21(5)14-25(34(32)38)31-22(6)19(3)13-20(4)23(31)7/h13-15,17-18,27-28H,10-12,16H2,1-9H3,(H,42,48)(H,46,47). The zero-order valence-electron chi connectivity index (χ0n) is 28.8. The second kappa shape index (κ2) is 15.0. The van der Waals surface area contributed by atoms with Gasteiger partial charge in [0.05, 0.1) is 18.0 Å². The van der Waals surface area contributed by atoms with Crippen molar-refractivity contribution in [2.75, 3.05) is 20.6 Å². The summed E-state index contributed by atoms with van der Waals surface area (Å²) < 4.78 is 75.1. The summed E-state index contributed by atoms with van der Waals surface area (Å²) in [5.74, 6) is -4.76. The number of carboxylic acids is 1. The number of carbonyl (C=O) groups is 2. The van der Waals surface area contributed by atoms with Crippen molar-refractivity contribution < 1.29 is 36.6 Å². The number of rotatable bonds is 12. The van der Waals surface area contributed by atoms with Crippen LogP contribution in [0.5, 0.6) is 0 Å². The number of aliphatic carboxylic acids is 1. The molecule has 262 valence electrons. The largest absolute Gasteiger partial charge is 0.481 e. The molecule has 2 aromatic carbocycles. The first-order chi connectivity index (χ1) is 22.1. The minimum atomic E-state index is -4.83. The molecule has 7 nitrogen and oxygen atoms in total. The van der Waals surface area contributed by atoms with Gasteiger partial charge in [-0.2, -0.15) is 13.2 Å². The van der Waals surface area contributed by atoms with Crippen molar-refractivity contribution >= 4 is 11.9 Å². The Hall–Kier alpha value is -4.06. The first kappa shape index (κ1) is 38.4. The summed E-state index contributed by atoms with van der Waals surface area (Å²) in [7, 11) is 3.36. The van der Waals surface area contributed by atoms with E-state index in [0.29, 0.717) is 11.6 Å². The smallest absolute Gasteiger partial charge is 0.416 e. The van der Waals surface area contributed by atoms with Crippen LogP contribution in [0.25, 0.3) is 11.1 Å². The number of pyridine rings is 1. The molecular weight excluding hydrogens is 633 g/mol. The van der Waals surface area contributed by atoms with Crippen LogP contribution in [0.4, 0.5) is 22.0 Å². The number of aryl methyl sites for hydroxylation is 3. The normalized spacial score (nSPS) is 13.2. The number of carboxylic acid groups (broad SMARTS) is 1. The number of aromatic nitrogens is 1. The number of likely N-dealkylation sites (N-methyl/N-ethyl adjacent to an activating group) is 1. The summed E-state index contributed by atoms with van der Waals surface area (Å²) in [5.41, 5.74) is 0.735. The van der Waals surface area contributed by atoms with Crippen molar-refractivity contribution in [3.8, 4) is 11.1 Å². The van der Waals surface area contributed by atoms with Gasteiger partial charge >= 0.3 is 12.1 Å². The van der Waals surface area contributed by atoms with Crippen molar-refractivity contribution in [3.63, 3.8) is 0 Å². The van der Waals surface area contributed by atoms with Gasteiger partial charge in [-0.1, -0.05) is 19.9 Å². The maximum absolute atomic E-state index is 16.6. The van der Waals surface area contributed by atoms with Gasteiger partial charge in [0, 0.05) is 29.9 Å². The number of halogens is 5. The maximum atomic E-state index is 16.6. The number of nitrogens with zero attached hydrogens (tertiary/aromatic N) is 2. The van der Waals surface area contributed by atoms with Crippen molar-refractivity contribution in [3.05, 3.63) is 90.9 Å². The summed E-state index contributed by atoms with van der Waals surface area (Å²) in [6, 6.07) is 0.615. The quantitative estimate of drug-likeness (QED) is 0.195. The van der Waals surface area contributed by atoms with Crippen LogP contribution in [0.2, 0.25) is 0 Å². The number of hydrogen-bond donors (Lipinski definition) is 2. The molecule has 0 saturated heterocycles. The van der Waals surface area contributed by atoms with Crippen LogP contribution >= 0.6 is 0 Å². The van der Waals surface area contributed by atoms with E-state index in [-0.39, 0.29) is 42.0 Å². The third-order valence-corrected chi connectivity index (χ3v) is 8.73. The zero-order chi connectivity index (χ0) is 36.4. The van der Waals surface area contributed by atoms with E-state index in [4.69, 9.17) is 0 Å². The lowest BCUT2D eigenvalue weighted by Crippen LogP contribution is -2.41. The fourth-order valence-electron chi connectivity index (χ4n) is 6.01. The second-order valence-electron chi connectivity index (χ2n) is 13.2. The van der Waals surface area contributed by atoms with Crippen molar-refractivity contribution in [2.45, 2.75) is 86.0 Å². The zero-order valence-corrected chi connectivity index (χ0v) is 28.8. The highest BCUT2D eigenvalue weighted by atomic mass is 19.4. The Bertz CT molecular complexity index is 1740. The van der Waals surface area contributed by atoms with Crippen LogP contribution < -0.4 is 10.9 Å². The highest BCUT2D eigenvalue weighted by Gasteiger charge is 2.36. The van der Waals surface area contributed by atoms with Crippen LogP contribution in [0.3, 0.4) is 0 Å². The molecule has 2 atom stereocenters. The molecule has 1 aromatic heterocycles. The first-order valence-corrected chi connectivity index (χ1v) is 15.7. The van der Waals surface area contributed by atoms with Gasteiger partial charge in [0.2, 0.25) is 5.91 Å². The van der Waals surface area contributed by atoms with E-state index in [2.05, 4.69) is 5.32 Å². The summed E-state index contributed by atoms with van der Waals surface area (Å²) in [5, 5.41) is 12.2. The van der Waals surface area contributed by atoms with Crippen LogP contribution in [-0.4, -0.2) is 47.1 Å². The highest BCUT2D eigenvalue weighted by molar-refractivity contribution is 5.82. The minimum Gasteiger partial charge on any atom is -0.481 e.